The van der Waals surface area contributed by atoms with Crippen molar-refractivity contribution in [3.63, 3.8) is 0 Å². The van der Waals surface area contributed by atoms with E-state index in [1.54, 1.807) is 18.2 Å². The minimum absolute atomic E-state index is 0.00508. The van der Waals surface area contributed by atoms with Crippen LogP contribution in [-0.2, 0) is 9.59 Å². The molecule has 0 spiro atoms. The number of anilines is 2. The maximum atomic E-state index is 14.1. The van der Waals surface area contributed by atoms with E-state index in [1.165, 1.54) is 30.3 Å². The smallest absolute Gasteiger partial charge is 0.269 e. The van der Waals surface area contributed by atoms with Gasteiger partial charge in [-0.05, 0) is 24.3 Å². The maximum absolute atomic E-state index is 14.1. The second-order valence-electron chi connectivity index (χ2n) is 7.04. The molecule has 0 radical (unpaired) electrons. The van der Waals surface area contributed by atoms with Crippen LogP contribution >= 0.6 is 0 Å². The number of amides is 2. The normalized spacial score (nSPS) is 20.4. The Morgan fingerprint density at radius 3 is 2.24 bits per heavy atom. The van der Waals surface area contributed by atoms with Crippen molar-refractivity contribution in [2.75, 3.05) is 36.0 Å². The molecule has 2 aromatic carbocycles. The minimum Gasteiger partial charge on any atom is -0.369 e. The predicted octanol–water partition coefficient (Wildman–Crippen LogP) is 2.19. The molecule has 0 bridgehead atoms. The van der Waals surface area contributed by atoms with Crippen LogP contribution < -0.4 is 9.80 Å². The quantitative estimate of drug-likeness (QED) is 0.446. The molecule has 0 saturated carbocycles. The van der Waals surface area contributed by atoms with Crippen LogP contribution in [0.5, 0.6) is 0 Å². The number of nitro benzene ring substituents is 1. The number of benzene rings is 2. The Morgan fingerprint density at radius 2 is 1.62 bits per heavy atom. The Bertz CT molecular complexity index is 957. The number of hydrogen-bond acceptors (Lipinski definition) is 6. The Labute approximate surface area is 166 Å². The zero-order valence-electron chi connectivity index (χ0n) is 15.5. The number of imide groups is 1. The van der Waals surface area contributed by atoms with Gasteiger partial charge in [-0.1, -0.05) is 12.1 Å². The van der Waals surface area contributed by atoms with Crippen LogP contribution in [0.4, 0.5) is 21.5 Å². The molecule has 9 heteroatoms. The molecule has 0 aliphatic carbocycles. The highest BCUT2D eigenvalue weighted by molar-refractivity contribution is 6.22. The van der Waals surface area contributed by atoms with Gasteiger partial charge in [-0.25, -0.2) is 9.29 Å². The molecule has 1 atom stereocenters. The van der Waals surface area contributed by atoms with Gasteiger partial charge in [-0.3, -0.25) is 24.6 Å². The van der Waals surface area contributed by atoms with Crippen molar-refractivity contribution in [1.29, 1.82) is 0 Å². The Hall–Kier alpha value is -3.33. The number of halogens is 1. The molecule has 2 aliphatic heterocycles. The number of hydrogen-bond donors (Lipinski definition) is 0. The van der Waals surface area contributed by atoms with Gasteiger partial charge in [0, 0.05) is 44.0 Å². The third kappa shape index (κ3) is 3.56. The molecule has 2 fully saturated rings. The first kappa shape index (κ1) is 19.0. The third-order valence-electron chi connectivity index (χ3n) is 5.40. The molecule has 8 nitrogen and oxygen atoms in total. The molecular weight excluding hydrogens is 379 g/mol. The van der Waals surface area contributed by atoms with Gasteiger partial charge in [0.2, 0.25) is 5.91 Å². The number of carbonyl (C=O) groups is 2. The van der Waals surface area contributed by atoms with Gasteiger partial charge in [0.05, 0.1) is 23.1 Å². The molecule has 2 heterocycles. The highest BCUT2D eigenvalue weighted by Gasteiger charge is 2.44. The van der Waals surface area contributed by atoms with Gasteiger partial charge < -0.3 is 4.90 Å². The monoisotopic (exact) mass is 398 g/mol. The van der Waals surface area contributed by atoms with Crippen LogP contribution in [0.15, 0.2) is 48.5 Å². The van der Waals surface area contributed by atoms with E-state index in [4.69, 9.17) is 0 Å². The van der Waals surface area contributed by atoms with Gasteiger partial charge in [-0.2, -0.15) is 0 Å². The van der Waals surface area contributed by atoms with E-state index in [9.17, 15) is 24.1 Å². The summed E-state index contributed by atoms with van der Waals surface area (Å²) < 4.78 is 14.1. The van der Waals surface area contributed by atoms with Gasteiger partial charge in [-0.15, -0.1) is 0 Å². The first-order valence-electron chi connectivity index (χ1n) is 9.30. The first-order chi connectivity index (χ1) is 14.0. The van der Waals surface area contributed by atoms with Crippen molar-refractivity contribution in [2.24, 2.45) is 0 Å². The summed E-state index contributed by atoms with van der Waals surface area (Å²) in [5.41, 5.74) is 0.905. The van der Waals surface area contributed by atoms with E-state index >= 15 is 0 Å². The molecule has 2 aliphatic rings. The van der Waals surface area contributed by atoms with E-state index in [0.717, 1.165) is 10.6 Å². The molecule has 0 aromatic heterocycles. The van der Waals surface area contributed by atoms with E-state index < -0.39 is 28.6 Å². The number of nitrogens with zero attached hydrogens (tertiary/aromatic N) is 4. The lowest BCUT2D eigenvalue weighted by Gasteiger charge is -2.38. The molecule has 4 rings (SSSR count). The fraction of sp³-hybridized carbons (Fsp3) is 0.300. The average molecular weight is 398 g/mol. The number of rotatable bonds is 4. The second kappa shape index (κ2) is 7.59. The van der Waals surface area contributed by atoms with E-state index in [-0.39, 0.29) is 17.8 Å². The maximum Gasteiger partial charge on any atom is 0.269 e. The number of carbonyl (C=O) groups excluding carboxylic acids is 2. The summed E-state index contributed by atoms with van der Waals surface area (Å²) in [6.45, 7) is 2.36. The molecule has 2 amide bonds. The van der Waals surface area contributed by atoms with Gasteiger partial charge in [0.15, 0.2) is 0 Å². The molecular formula is C20H19FN4O4. The molecule has 0 unspecified atom stereocenters. The van der Waals surface area contributed by atoms with Crippen LogP contribution in [0, 0.1) is 15.9 Å². The standard InChI is InChI=1S/C20H19FN4O4/c21-16-3-1-2-4-17(16)24-19(26)13-18(20(24)27)23-11-9-22(10-12-23)14-5-7-15(8-6-14)25(28)29/h1-8,18H,9-13H2/t18-/m1/s1. The number of nitro groups is 1. The molecule has 0 N–H and O–H groups in total. The summed E-state index contributed by atoms with van der Waals surface area (Å²) in [4.78, 5) is 40.6. The van der Waals surface area contributed by atoms with Crippen molar-refractivity contribution in [3.8, 4) is 0 Å². The fourth-order valence-corrected chi connectivity index (χ4v) is 3.86. The summed E-state index contributed by atoms with van der Waals surface area (Å²) in [6.07, 6.45) is 0.0324. The summed E-state index contributed by atoms with van der Waals surface area (Å²) in [6, 6.07) is 11.5. The largest absolute Gasteiger partial charge is 0.369 e. The van der Waals surface area contributed by atoms with Gasteiger partial charge in [0.1, 0.15) is 5.82 Å². The van der Waals surface area contributed by atoms with E-state index in [1.807, 2.05) is 4.90 Å². The average Bonchev–Trinajstić information content (AvgIpc) is 3.03. The Morgan fingerprint density at radius 1 is 0.966 bits per heavy atom. The summed E-state index contributed by atoms with van der Waals surface area (Å²) in [5, 5.41) is 10.8. The van der Waals surface area contributed by atoms with Crippen molar-refractivity contribution < 1.29 is 18.9 Å². The number of piperazine rings is 1. The summed E-state index contributed by atoms with van der Waals surface area (Å²) in [5.74, 6) is -1.40. The van der Waals surface area contributed by atoms with E-state index in [2.05, 4.69) is 4.90 Å². The van der Waals surface area contributed by atoms with Crippen LogP contribution in [0.3, 0.4) is 0 Å². The Kier molecular flexibility index (Phi) is 4.98. The fourth-order valence-electron chi connectivity index (χ4n) is 3.86. The zero-order valence-corrected chi connectivity index (χ0v) is 15.5. The zero-order chi connectivity index (χ0) is 20.5. The lowest BCUT2D eigenvalue weighted by molar-refractivity contribution is -0.384. The van der Waals surface area contributed by atoms with Crippen molar-refractivity contribution in [3.05, 3.63) is 64.5 Å². The SMILES string of the molecule is O=C1C[C@@H](N2CCN(c3ccc([N+](=O)[O-])cc3)CC2)C(=O)N1c1ccccc1F. The van der Waals surface area contributed by atoms with Crippen molar-refractivity contribution in [1.82, 2.24) is 4.90 Å². The highest BCUT2D eigenvalue weighted by atomic mass is 19.1. The lowest BCUT2D eigenvalue weighted by atomic mass is 10.1. The van der Waals surface area contributed by atoms with Crippen LogP contribution in [0.2, 0.25) is 0 Å². The minimum atomic E-state index is -0.599. The molecule has 2 saturated heterocycles. The van der Waals surface area contributed by atoms with Crippen molar-refractivity contribution >= 4 is 28.9 Å². The molecule has 150 valence electrons. The van der Waals surface area contributed by atoms with Crippen LogP contribution in [-0.4, -0.2) is 53.9 Å². The number of para-hydroxylation sites is 1. The summed E-state index contributed by atoms with van der Waals surface area (Å²) in [7, 11) is 0. The van der Waals surface area contributed by atoms with E-state index in [0.29, 0.717) is 26.2 Å². The molecule has 29 heavy (non-hydrogen) atoms. The highest BCUT2D eigenvalue weighted by Crippen LogP contribution is 2.29. The predicted molar refractivity (Wildman–Crippen MR) is 104 cm³/mol. The third-order valence-corrected chi connectivity index (χ3v) is 5.40. The first-order valence-corrected chi connectivity index (χ1v) is 9.30. The lowest BCUT2D eigenvalue weighted by Crippen LogP contribution is -2.52. The van der Waals surface area contributed by atoms with Crippen molar-refractivity contribution in [2.45, 2.75) is 12.5 Å². The number of non-ortho nitro benzene ring substituents is 1. The molecule has 2 aromatic rings. The topological polar surface area (TPSA) is 87.0 Å². The van der Waals surface area contributed by atoms with Gasteiger partial charge in [0.25, 0.3) is 11.6 Å². The Balaban J connectivity index is 1.42. The second-order valence-corrected chi connectivity index (χ2v) is 7.04. The van der Waals surface area contributed by atoms with Gasteiger partial charge >= 0.3 is 0 Å². The van der Waals surface area contributed by atoms with Crippen LogP contribution in [0.1, 0.15) is 6.42 Å². The van der Waals surface area contributed by atoms with Crippen LogP contribution in [0.25, 0.3) is 0 Å². The summed E-state index contributed by atoms with van der Waals surface area (Å²) >= 11 is 0.